The Balaban J connectivity index is 1.56. The van der Waals surface area contributed by atoms with Crippen LogP contribution in [-0.4, -0.2) is 24.9 Å². The molecule has 0 fully saturated rings. The van der Waals surface area contributed by atoms with Gasteiger partial charge in [0.25, 0.3) is 0 Å². The van der Waals surface area contributed by atoms with E-state index in [0.29, 0.717) is 0 Å². The summed E-state index contributed by atoms with van der Waals surface area (Å²) in [7, 11) is 3.35. The molecular formula is C24H22N2O3. The summed E-state index contributed by atoms with van der Waals surface area (Å²) in [6.07, 6.45) is 0.522. The summed E-state index contributed by atoms with van der Waals surface area (Å²) in [5, 5.41) is 7.07. The van der Waals surface area contributed by atoms with Gasteiger partial charge in [0, 0.05) is 17.5 Å². The molecule has 0 aliphatic carbocycles. The lowest BCUT2D eigenvalue weighted by Gasteiger charge is -2.38. The first-order valence-electron chi connectivity index (χ1n) is 9.66. The molecule has 0 N–H and O–H groups in total. The fourth-order valence-electron chi connectivity index (χ4n) is 4.01. The first-order chi connectivity index (χ1) is 14.3. The Labute approximate surface area is 170 Å². The zero-order chi connectivity index (χ0) is 19.8. The van der Waals surface area contributed by atoms with Crippen molar-refractivity contribution < 1.29 is 14.2 Å². The molecule has 0 aromatic heterocycles. The van der Waals surface area contributed by atoms with Crippen LogP contribution in [0.25, 0.3) is 0 Å². The predicted octanol–water partition coefficient (Wildman–Crippen LogP) is 4.95. The number of hydrogen-bond donors (Lipinski definition) is 0. The topological polar surface area (TPSA) is 43.3 Å². The second kappa shape index (κ2) is 7.17. The number of rotatable bonds is 4. The molecule has 0 spiro atoms. The van der Waals surface area contributed by atoms with Crippen molar-refractivity contribution in [1.82, 2.24) is 5.01 Å². The van der Waals surface area contributed by atoms with Crippen LogP contribution in [0.3, 0.4) is 0 Å². The van der Waals surface area contributed by atoms with Crippen LogP contribution in [0.1, 0.15) is 35.4 Å². The van der Waals surface area contributed by atoms with Crippen molar-refractivity contribution >= 4 is 5.71 Å². The maximum Gasteiger partial charge on any atom is 0.214 e. The van der Waals surface area contributed by atoms with Crippen molar-refractivity contribution in [2.75, 3.05) is 14.2 Å². The monoisotopic (exact) mass is 386 g/mol. The van der Waals surface area contributed by atoms with Gasteiger partial charge in [-0.3, -0.25) is 0 Å². The second-order valence-corrected chi connectivity index (χ2v) is 7.16. The first-order valence-corrected chi connectivity index (χ1v) is 9.66. The molecule has 2 aliphatic heterocycles. The number of methoxy groups -OCH3 is 2. The predicted molar refractivity (Wildman–Crippen MR) is 112 cm³/mol. The molecule has 0 bridgehead atoms. The van der Waals surface area contributed by atoms with Gasteiger partial charge in [0.05, 0.1) is 26.0 Å². The SMILES string of the molecule is COc1ccc(C2=NN3[C@@H](C2)c2ccccc2O[C@H]3c2cccc(OC)c2)cc1. The van der Waals surface area contributed by atoms with Crippen LogP contribution in [0, 0.1) is 0 Å². The van der Waals surface area contributed by atoms with Crippen LogP contribution in [0.5, 0.6) is 17.2 Å². The molecule has 0 unspecified atom stereocenters. The third-order valence-corrected chi connectivity index (χ3v) is 5.50. The first kappa shape index (κ1) is 17.6. The Kier molecular flexibility index (Phi) is 4.35. The molecule has 2 heterocycles. The molecule has 0 amide bonds. The van der Waals surface area contributed by atoms with Gasteiger partial charge in [-0.25, -0.2) is 5.01 Å². The summed E-state index contributed by atoms with van der Waals surface area (Å²) in [5.41, 5.74) is 4.33. The quantitative estimate of drug-likeness (QED) is 0.637. The molecule has 2 atom stereocenters. The minimum absolute atomic E-state index is 0.133. The lowest BCUT2D eigenvalue weighted by Crippen LogP contribution is -2.33. The standard InChI is InChI=1S/C24H22N2O3/c1-27-18-12-10-16(11-13-18)21-15-22-20-8-3-4-9-23(20)29-24(26(22)25-21)17-6-5-7-19(14-17)28-2/h3-14,22,24H,15H2,1-2H3/t22-,24-/m0/s1. The van der Waals surface area contributed by atoms with Crippen LogP contribution in [0.4, 0.5) is 0 Å². The van der Waals surface area contributed by atoms with Crippen molar-refractivity contribution in [2.45, 2.75) is 18.7 Å². The van der Waals surface area contributed by atoms with Gasteiger partial charge >= 0.3 is 0 Å². The van der Waals surface area contributed by atoms with Crippen molar-refractivity contribution in [3.63, 3.8) is 0 Å². The highest BCUT2D eigenvalue weighted by Crippen LogP contribution is 2.47. The average Bonchev–Trinajstić information content (AvgIpc) is 3.24. The highest BCUT2D eigenvalue weighted by atomic mass is 16.5. The summed E-state index contributed by atoms with van der Waals surface area (Å²) in [4.78, 5) is 0. The van der Waals surface area contributed by atoms with Gasteiger partial charge in [-0.15, -0.1) is 0 Å². The molecule has 0 saturated carbocycles. The fourth-order valence-corrected chi connectivity index (χ4v) is 4.01. The highest BCUT2D eigenvalue weighted by molar-refractivity contribution is 6.02. The van der Waals surface area contributed by atoms with Crippen LogP contribution in [0.2, 0.25) is 0 Å². The zero-order valence-electron chi connectivity index (χ0n) is 16.4. The zero-order valence-corrected chi connectivity index (χ0v) is 16.4. The van der Waals surface area contributed by atoms with Crippen molar-refractivity contribution in [3.05, 3.63) is 89.5 Å². The van der Waals surface area contributed by atoms with Crippen LogP contribution >= 0.6 is 0 Å². The van der Waals surface area contributed by atoms with E-state index in [2.05, 4.69) is 35.3 Å². The minimum atomic E-state index is -0.305. The van der Waals surface area contributed by atoms with E-state index in [1.165, 1.54) is 5.56 Å². The maximum absolute atomic E-state index is 6.40. The molecule has 0 radical (unpaired) electrons. The summed E-state index contributed by atoms with van der Waals surface area (Å²) in [5.74, 6) is 2.56. The van der Waals surface area contributed by atoms with E-state index in [-0.39, 0.29) is 12.3 Å². The van der Waals surface area contributed by atoms with Gasteiger partial charge in [-0.2, -0.15) is 5.10 Å². The number of benzene rings is 3. The second-order valence-electron chi connectivity index (χ2n) is 7.16. The normalized spacial score (nSPS) is 19.7. The molecule has 29 heavy (non-hydrogen) atoms. The molecule has 0 saturated heterocycles. The van der Waals surface area contributed by atoms with Crippen molar-refractivity contribution in [2.24, 2.45) is 5.10 Å². The summed E-state index contributed by atoms with van der Waals surface area (Å²) in [6, 6.07) is 24.4. The van der Waals surface area contributed by atoms with Crippen LogP contribution < -0.4 is 14.2 Å². The molecule has 2 aliphatic rings. The molecule has 3 aromatic carbocycles. The molecule has 146 valence electrons. The summed E-state index contributed by atoms with van der Waals surface area (Å²) >= 11 is 0. The smallest absolute Gasteiger partial charge is 0.214 e. The van der Waals surface area contributed by atoms with Crippen molar-refractivity contribution in [3.8, 4) is 17.2 Å². The Morgan fingerprint density at radius 1 is 0.897 bits per heavy atom. The number of hydrazone groups is 1. The molecule has 3 aromatic rings. The average molecular weight is 386 g/mol. The largest absolute Gasteiger partial charge is 0.497 e. The Hall–Kier alpha value is -3.47. The maximum atomic E-state index is 6.40. The number of para-hydroxylation sites is 1. The van der Waals surface area contributed by atoms with Gasteiger partial charge in [-0.1, -0.05) is 30.3 Å². The van der Waals surface area contributed by atoms with E-state index >= 15 is 0 Å². The van der Waals surface area contributed by atoms with E-state index < -0.39 is 0 Å². The minimum Gasteiger partial charge on any atom is -0.497 e. The molecular weight excluding hydrogens is 364 g/mol. The highest BCUT2D eigenvalue weighted by Gasteiger charge is 2.40. The fraction of sp³-hybridized carbons (Fsp3) is 0.208. The van der Waals surface area contributed by atoms with E-state index in [9.17, 15) is 0 Å². The van der Waals surface area contributed by atoms with Gasteiger partial charge in [-0.05, 0) is 48.0 Å². The molecule has 5 rings (SSSR count). The van der Waals surface area contributed by atoms with Gasteiger partial charge in [0.2, 0.25) is 6.23 Å². The summed E-state index contributed by atoms with van der Waals surface area (Å²) < 4.78 is 17.1. The third-order valence-electron chi connectivity index (χ3n) is 5.50. The van der Waals surface area contributed by atoms with Gasteiger partial charge in [0.1, 0.15) is 17.2 Å². The van der Waals surface area contributed by atoms with Crippen molar-refractivity contribution in [1.29, 1.82) is 0 Å². The molecule has 5 nitrogen and oxygen atoms in total. The van der Waals surface area contributed by atoms with E-state index in [1.54, 1.807) is 14.2 Å². The van der Waals surface area contributed by atoms with E-state index in [1.807, 2.05) is 42.5 Å². The lowest BCUT2D eigenvalue weighted by atomic mass is 9.96. The van der Waals surface area contributed by atoms with E-state index in [0.717, 1.165) is 40.5 Å². The lowest BCUT2D eigenvalue weighted by molar-refractivity contribution is -0.0191. The number of ether oxygens (including phenoxy) is 3. The Morgan fingerprint density at radius 2 is 1.69 bits per heavy atom. The Morgan fingerprint density at radius 3 is 2.48 bits per heavy atom. The number of nitrogens with zero attached hydrogens (tertiary/aromatic N) is 2. The van der Waals surface area contributed by atoms with Crippen LogP contribution in [0.15, 0.2) is 77.9 Å². The number of fused-ring (bicyclic) bond motifs is 3. The Bertz CT molecular complexity index is 1060. The third kappa shape index (κ3) is 3.09. The molecule has 5 heteroatoms. The summed E-state index contributed by atoms with van der Waals surface area (Å²) in [6.45, 7) is 0. The van der Waals surface area contributed by atoms with Crippen LogP contribution in [-0.2, 0) is 0 Å². The number of hydrogen-bond acceptors (Lipinski definition) is 5. The van der Waals surface area contributed by atoms with Gasteiger partial charge < -0.3 is 14.2 Å². The van der Waals surface area contributed by atoms with E-state index in [4.69, 9.17) is 19.3 Å². The van der Waals surface area contributed by atoms with Gasteiger partial charge in [0.15, 0.2) is 0 Å².